The van der Waals surface area contributed by atoms with Crippen molar-refractivity contribution in [3.63, 3.8) is 0 Å². The van der Waals surface area contributed by atoms with Gasteiger partial charge in [-0.1, -0.05) is 36.4 Å². The number of carbonyl (C=O) groups excluding carboxylic acids is 1. The average molecular weight is 447 g/mol. The van der Waals surface area contributed by atoms with Crippen LogP contribution in [0.1, 0.15) is 31.7 Å². The van der Waals surface area contributed by atoms with Gasteiger partial charge in [-0.05, 0) is 49.4 Å². The molecule has 0 radical (unpaired) electrons. The van der Waals surface area contributed by atoms with Crippen molar-refractivity contribution in [2.75, 3.05) is 35.2 Å². The smallest absolute Gasteiger partial charge is 0.231 e. The number of carbonyl (C=O) groups is 1. The summed E-state index contributed by atoms with van der Waals surface area (Å²) in [6.45, 7) is 3.98. The monoisotopic (exact) mass is 446 g/mol. The van der Waals surface area contributed by atoms with Gasteiger partial charge in [0.15, 0.2) is 0 Å². The van der Waals surface area contributed by atoms with Gasteiger partial charge in [0.1, 0.15) is 6.33 Å². The molecule has 0 bridgehead atoms. The van der Waals surface area contributed by atoms with Crippen molar-refractivity contribution in [2.24, 2.45) is 0 Å². The number of ether oxygens (including phenoxy) is 1. The minimum atomic E-state index is -0.113. The maximum Gasteiger partial charge on any atom is 0.231 e. The Morgan fingerprint density at radius 1 is 1.06 bits per heavy atom. The minimum Gasteiger partial charge on any atom is -0.378 e. The van der Waals surface area contributed by atoms with Crippen LogP contribution < -0.4 is 15.5 Å². The van der Waals surface area contributed by atoms with Crippen LogP contribution >= 0.6 is 0 Å². The predicted molar refractivity (Wildman–Crippen MR) is 130 cm³/mol. The molecule has 0 aliphatic carbocycles. The fourth-order valence-corrected chi connectivity index (χ4v) is 3.90. The van der Waals surface area contributed by atoms with Gasteiger partial charge < -0.3 is 20.3 Å². The zero-order valence-corrected chi connectivity index (χ0v) is 18.9. The first-order valence-electron chi connectivity index (χ1n) is 11.4. The SMILES string of the molecule is CC(=O)Nc1cccc(Nc2ncnc(N3CCC(OCCCc4ccccc4)CC3)n2)c1. The Kier molecular flexibility index (Phi) is 7.81. The molecule has 8 nitrogen and oxygen atoms in total. The molecule has 2 heterocycles. The second-order valence-corrected chi connectivity index (χ2v) is 8.14. The maximum atomic E-state index is 11.3. The third-order valence-electron chi connectivity index (χ3n) is 5.53. The van der Waals surface area contributed by atoms with Crippen molar-refractivity contribution in [1.29, 1.82) is 0 Å². The molecule has 0 atom stereocenters. The molecule has 4 rings (SSSR count). The summed E-state index contributed by atoms with van der Waals surface area (Å²) in [5.74, 6) is 1.02. The number of aromatic nitrogens is 3. The number of anilines is 4. The van der Waals surface area contributed by atoms with E-state index in [1.165, 1.54) is 18.8 Å². The number of benzene rings is 2. The van der Waals surface area contributed by atoms with Gasteiger partial charge in [-0.2, -0.15) is 4.98 Å². The number of hydrogen-bond donors (Lipinski definition) is 2. The fraction of sp³-hybridized carbons (Fsp3) is 0.360. The Balaban J connectivity index is 1.24. The van der Waals surface area contributed by atoms with Gasteiger partial charge in [0, 0.05) is 38.0 Å². The van der Waals surface area contributed by atoms with Crippen LogP contribution in [-0.2, 0) is 16.0 Å². The standard InChI is InChI=1S/C25H30N6O2/c1-19(32)28-21-10-5-11-22(17-21)29-24-26-18-27-25(30-24)31-14-12-23(13-15-31)33-16-6-9-20-7-3-2-4-8-20/h2-5,7-8,10-11,17-18,23H,6,9,12-16H2,1H3,(H,28,32)(H,26,27,29,30). The van der Waals surface area contributed by atoms with Crippen LogP contribution in [0.15, 0.2) is 60.9 Å². The Labute approximate surface area is 194 Å². The molecule has 1 fully saturated rings. The topological polar surface area (TPSA) is 92.3 Å². The number of hydrogen-bond acceptors (Lipinski definition) is 7. The molecular weight excluding hydrogens is 416 g/mol. The normalized spacial score (nSPS) is 14.2. The summed E-state index contributed by atoms with van der Waals surface area (Å²) in [5.41, 5.74) is 2.87. The molecule has 1 amide bonds. The average Bonchev–Trinajstić information content (AvgIpc) is 2.83. The van der Waals surface area contributed by atoms with Crippen LogP contribution in [0.2, 0.25) is 0 Å². The maximum absolute atomic E-state index is 11.3. The van der Waals surface area contributed by atoms with E-state index in [2.05, 4.69) is 54.8 Å². The number of rotatable bonds is 9. The summed E-state index contributed by atoms with van der Waals surface area (Å²) in [5, 5.41) is 5.96. The Bertz CT molecular complexity index is 1040. The van der Waals surface area contributed by atoms with Gasteiger partial charge in [0.25, 0.3) is 0 Å². The van der Waals surface area contributed by atoms with Crippen LogP contribution in [0, 0.1) is 0 Å². The van der Waals surface area contributed by atoms with Gasteiger partial charge in [0.2, 0.25) is 17.8 Å². The highest BCUT2D eigenvalue weighted by Crippen LogP contribution is 2.21. The van der Waals surface area contributed by atoms with E-state index in [4.69, 9.17) is 4.74 Å². The van der Waals surface area contributed by atoms with E-state index in [0.29, 0.717) is 17.6 Å². The highest BCUT2D eigenvalue weighted by Gasteiger charge is 2.21. The molecule has 8 heteroatoms. The molecule has 0 unspecified atom stereocenters. The molecule has 2 N–H and O–H groups in total. The quantitative estimate of drug-likeness (QED) is 0.476. The van der Waals surface area contributed by atoms with E-state index < -0.39 is 0 Å². The van der Waals surface area contributed by atoms with Crippen LogP contribution in [0.25, 0.3) is 0 Å². The molecule has 2 aromatic carbocycles. The largest absolute Gasteiger partial charge is 0.378 e. The lowest BCUT2D eigenvalue weighted by atomic mass is 10.1. The predicted octanol–water partition coefficient (Wildman–Crippen LogP) is 4.19. The zero-order valence-electron chi connectivity index (χ0n) is 18.9. The second kappa shape index (κ2) is 11.4. The summed E-state index contributed by atoms with van der Waals surface area (Å²) in [6.07, 6.45) is 5.81. The van der Waals surface area contributed by atoms with Crippen LogP contribution in [0.3, 0.4) is 0 Å². The molecule has 0 saturated carbocycles. The van der Waals surface area contributed by atoms with Crippen molar-refractivity contribution >= 4 is 29.2 Å². The van der Waals surface area contributed by atoms with Gasteiger partial charge in [-0.3, -0.25) is 4.79 Å². The molecular formula is C25H30N6O2. The first-order valence-corrected chi connectivity index (χ1v) is 11.4. The summed E-state index contributed by atoms with van der Waals surface area (Å²) in [7, 11) is 0. The lowest BCUT2D eigenvalue weighted by Crippen LogP contribution is -2.38. The third kappa shape index (κ3) is 6.98. The number of amides is 1. The van der Waals surface area contributed by atoms with Crippen molar-refractivity contribution in [3.8, 4) is 0 Å². The number of piperidine rings is 1. The zero-order chi connectivity index (χ0) is 22.9. The lowest BCUT2D eigenvalue weighted by molar-refractivity contribution is -0.114. The molecule has 3 aromatic rings. The van der Waals surface area contributed by atoms with Gasteiger partial charge in [0.05, 0.1) is 6.10 Å². The summed E-state index contributed by atoms with van der Waals surface area (Å²) in [6, 6.07) is 18.0. The lowest BCUT2D eigenvalue weighted by Gasteiger charge is -2.31. The first-order chi connectivity index (χ1) is 16.2. The Morgan fingerprint density at radius 3 is 2.64 bits per heavy atom. The van der Waals surface area contributed by atoms with Gasteiger partial charge in [-0.25, -0.2) is 9.97 Å². The highest BCUT2D eigenvalue weighted by atomic mass is 16.5. The van der Waals surface area contributed by atoms with Crippen LogP contribution in [-0.4, -0.2) is 46.7 Å². The third-order valence-corrected chi connectivity index (χ3v) is 5.53. The van der Waals surface area contributed by atoms with Crippen LogP contribution in [0.5, 0.6) is 0 Å². The van der Waals surface area contributed by atoms with E-state index in [9.17, 15) is 4.79 Å². The second-order valence-electron chi connectivity index (χ2n) is 8.14. The molecule has 1 aromatic heterocycles. The van der Waals surface area contributed by atoms with E-state index in [1.807, 2.05) is 30.3 Å². The molecule has 1 saturated heterocycles. The molecule has 1 aliphatic rings. The minimum absolute atomic E-state index is 0.113. The van der Waals surface area contributed by atoms with Crippen molar-refractivity contribution in [1.82, 2.24) is 15.0 Å². The van der Waals surface area contributed by atoms with Crippen LogP contribution in [0.4, 0.5) is 23.3 Å². The van der Waals surface area contributed by atoms with Gasteiger partial charge >= 0.3 is 0 Å². The molecule has 0 spiro atoms. The number of nitrogens with one attached hydrogen (secondary N) is 2. The van der Waals surface area contributed by atoms with E-state index in [1.54, 1.807) is 0 Å². The van der Waals surface area contributed by atoms with E-state index in [0.717, 1.165) is 51.1 Å². The van der Waals surface area contributed by atoms with Crippen molar-refractivity contribution < 1.29 is 9.53 Å². The fourth-order valence-electron chi connectivity index (χ4n) is 3.90. The number of nitrogens with zero attached hydrogens (tertiary/aromatic N) is 4. The van der Waals surface area contributed by atoms with Crippen molar-refractivity contribution in [3.05, 3.63) is 66.5 Å². The summed E-state index contributed by atoms with van der Waals surface area (Å²) >= 11 is 0. The summed E-state index contributed by atoms with van der Waals surface area (Å²) < 4.78 is 6.11. The molecule has 1 aliphatic heterocycles. The van der Waals surface area contributed by atoms with E-state index >= 15 is 0 Å². The highest BCUT2D eigenvalue weighted by molar-refractivity contribution is 5.89. The van der Waals surface area contributed by atoms with E-state index in [-0.39, 0.29) is 12.0 Å². The Morgan fingerprint density at radius 2 is 1.85 bits per heavy atom. The molecule has 33 heavy (non-hydrogen) atoms. The summed E-state index contributed by atoms with van der Waals surface area (Å²) in [4.78, 5) is 26.6. The Hall–Kier alpha value is -3.52. The number of aryl methyl sites for hydroxylation is 1. The first kappa shape index (κ1) is 22.7. The molecule has 172 valence electrons. The van der Waals surface area contributed by atoms with Crippen molar-refractivity contribution in [2.45, 2.75) is 38.7 Å². The van der Waals surface area contributed by atoms with Gasteiger partial charge in [-0.15, -0.1) is 0 Å².